The molecular weight excluding hydrogens is 340 g/mol. The summed E-state index contributed by atoms with van der Waals surface area (Å²) in [6.07, 6.45) is 6.36. The molecule has 2 aromatic rings. The predicted octanol–water partition coefficient (Wildman–Crippen LogP) is 2.00. The standard InChI is InChI=1S/C17H22N4O3S/c1-14-11-18-20(12-14)13-17(22)19-15-5-7-16(8-6-15)25(23,24)21-9-3-2-4-10-21/h5-8,11-12H,2-4,9-10,13H2,1H3,(H,19,22). The van der Waals surface area contributed by atoms with Crippen LogP contribution in [0.15, 0.2) is 41.6 Å². The summed E-state index contributed by atoms with van der Waals surface area (Å²) in [5, 5.41) is 6.82. The minimum atomic E-state index is -3.45. The third kappa shape index (κ3) is 4.26. The Morgan fingerprint density at radius 2 is 1.84 bits per heavy atom. The summed E-state index contributed by atoms with van der Waals surface area (Å²) >= 11 is 0. The monoisotopic (exact) mass is 362 g/mol. The fourth-order valence-corrected chi connectivity index (χ4v) is 4.38. The van der Waals surface area contributed by atoms with Crippen molar-refractivity contribution in [1.29, 1.82) is 0 Å². The van der Waals surface area contributed by atoms with Gasteiger partial charge in [0.2, 0.25) is 15.9 Å². The highest BCUT2D eigenvalue weighted by Crippen LogP contribution is 2.22. The Morgan fingerprint density at radius 3 is 2.44 bits per heavy atom. The second-order valence-corrected chi connectivity index (χ2v) is 8.19. The molecule has 8 heteroatoms. The van der Waals surface area contributed by atoms with Crippen LogP contribution in [0, 0.1) is 6.92 Å². The second kappa shape index (κ2) is 7.37. The number of rotatable bonds is 5. The van der Waals surface area contributed by atoms with Crippen LogP contribution in [0.5, 0.6) is 0 Å². The van der Waals surface area contributed by atoms with Crippen LogP contribution in [0.4, 0.5) is 5.69 Å². The van der Waals surface area contributed by atoms with E-state index in [1.807, 2.05) is 6.92 Å². The van der Waals surface area contributed by atoms with E-state index in [2.05, 4.69) is 10.4 Å². The highest BCUT2D eigenvalue weighted by molar-refractivity contribution is 7.89. The molecule has 1 aliphatic heterocycles. The van der Waals surface area contributed by atoms with Gasteiger partial charge in [0.1, 0.15) is 6.54 Å². The first kappa shape index (κ1) is 17.6. The number of amides is 1. The van der Waals surface area contributed by atoms with E-state index in [-0.39, 0.29) is 17.3 Å². The third-order valence-corrected chi connectivity index (χ3v) is 6.07. The van der Waals surface area contributed by atoms with Crippen molar-refractivity contribution in [1.82, 2.24) is 14.1 Å². The molecule has 1 aromatic carbocycles. The SMILES string of the molecule is Cc1cnn(CC(=O)Nc2ccc(S(=O)(=O)N3CCCCC3)cc2)c1. The van der Waals surface area contributed by atoms with Crippen LogP contribution in [-0.2, 0) is 21.4 Å². The van der Waals surface area contributed by atoms with E-state index in [1.165, 1.54) is 16.4 Å². The van der Waals surface area contributed by atoms with Gasteiger partial charge in [0, 0.05) is 25.0 Å². The topological polar surface area (TPSA) is 84.3 Å². The average Bonchev–Trinajstić information content (AvgIpc) is 3.01. The van der Waals surface area contributed by atoms with Crippen LogP contribution >= 0.6 is 0 Å². The molecular formula is C17H22N4O3S. The minimum Gasteiger partial charge on any atom is -0.324 e. The van der Waals surface area contributed by atoms with Gasteiger partial charge in [-0.1, -0.05) is 6.42 Å². The molecule has 0 radical (unpaired) electrons. The summed E-state index contributed by atoms with van der Waals surface area (Å²) in [4.78, 5) is 12.3. The third-order valence-electron chi connectivity index (χ3n) is 4.16. The van der Waals surface area contributed by atoms with Crippen molar-refractivity contribution >= 4 is 21.6 Å². The Labute approximate surface area is 147 Å². The Bertz CT molecular complexity index is 837. The van der Waals surface area contributed by atoms with Gasteiger partial charge in [0.05, 0.1) is 11.1 Å². The largest absolute Gasteiger partial charge is 0.324 e. The number of aryl methyl sites for hydroxylation is 1. The van der Waals surface area contributed by atoms with Gasteiger partial charge in [0.15, 0.2) is 0 Å². The van der Waals surface area contributed by atoms with E-state index in [0.717, 1.165) is 24.8 Å². The number of hydrogen-bond acceptors (Lipinski definition) is 4. The van der Waals surface area contributed by atoms with Crippen molar-refractivity contribution in [3.63, 3.8) is 0 Å². The summed E-state index contributed by atoms with van der Waals surface area (Å²) in [5.74, 6) is -0.213. The van der Waals surface area contributed by atoms with Crippen molar-refractivity contribution in [3.05, 3.63) is 42.2 Å². The quantitative estimate of drug-likeness (QED) is 0.882. The number of anilines is 1. The average molecular weight is 362 g/mol. The lowest BCUT2D eigenvalue weighted by Gasteiger charge is -2.25. The maximum Gasteiger partial charge on any atom is 0.246 e. The highest BCUT2D eigenvalue weighted by atomic mass is 32.2. The molecule has 0 bridgehead atoms. The molecule has 0 unspecified atom stereocenters. The minimum absolute atomic E-state index is 0.113. The van der Waals surface area contributed by atoms with E-state index in [9.17, 15) is 13.2 Å². The number of sulfonamides is 1. The van der Waals surface area contributed by atoms with Crippen LogP contribution in [-0.4, -0.2) is 41.5 Å². The summed E-state index contributed by atoms with van der Waals surface area (Å²) in [5.41, 5.74) is 1.55. The Morgan fingerprint density at radius 1 is 1.16 bits per heavy atom. The Kier molecular flexibility index (Phi) is 5.19. The molecule has 1 saturated heterocycles. The second-order valence-electron chi connectivity index (χ2n) is 6.25. The molecule has 0 aliphatic carbocycles. The zero-order valence-corrected chi connectivity index (χ0v) is 15.0. The van der Waals surface area contributed by atoms with Crippen LogP contribution in [0.1, 0.15) is 24.8 Å². The molecule has 1 amide bonds. The summed E-state index contributed by atoms with van der Waals surface area (Å²) in [6, 6.07) is 6.31. The molecule has 0 spiro atoms. The van der Waals surface area contributed by atoms with Crippen LogP contribution < -0.4 is 5.32 Å². The first-order valence-electron chi connectivity index (χ1n) is 8.34. The van der Waals surface area contributed by atoms with E-state index in [4.69, 9.17) is 0 Å². The molecule has 2 heterocycles. The van der Waals surface area contributed by atoms with Crippen LogP contribution in [0.3, 0.4) is 0 Å². The van der Waals surface area contributed by atoms with Gasteiger partial charge in [-0.3, -0.25) is 9.48 Å². The lowest BCUT2D eigenvalue weighted by atomic mass is 10.2. The van der Waals surface area contributed by atoms with Crippen molar-refractivity contribution in [2.45, 2.75) is 37.6 Å². The number of nitrogens with zero attached hydrogens (tertiary/aromatic N) is 3. The maximum atomic E-state index is 12.6. The first-order chi connectivity index (χ1) is 11.9. The Balaban J connectivity index is 1.64. The van der Waals surface area contributed by atoms with E-state index in [0.29, 0.717) is 18.8 Å². The predicted molar refractivity (Wildman–Crippen MR) is 94.6 cm³/mol. The highest BCUT2D eigenvalue weighted by Gasteiger charge is 2.25. The zero-order chi connectivity index (χ0) is 17.9. The molecule has 7 nitrogen and oxygen atoms in total. The van der Waals surface area contributed by atoms with Crippen molar-refractivity contribution < 1.29 is 13.2 Å². The fraction of sp³-hybridized carbons (Fsp3) is 0.412. The van der Waals surface area contributed by atoms with Gasteiger partial charge in [-0.15, -0.1) is 0 Å². The number of carbonyl (C=O) groups excluding carboxylic acids is 1. The molecule has 25 heavy (non-hydrogen) atoms. The number of aromatic nitrogens is 2. The first-order valence-corrected chi connectivity index (χ1v) is 9.78. The van der Waals surface area contributed by atoms with Crippen molar-refractivity contribution in [2.24, 2.45) is 0 Å². The fourth-order valence-electron chi connectivity index (χ4n) is 2.87. The van der Waals surface area contributed by atoms with Gasteiger partial charge in [-0.05, 0) is 49.6 Å². The molecule has 0 saturated carbocycles. The zero-order valence-electron chi connectivity index (χ0n) is 14.2. The van der Waals surface area contributed by atoms with Gasteiger partial charge in [-0.25, -0.2) is 8.42 Å². The molecule has 1 N–H and O–H groups in total. The molecule has 1 aliphatic rings. The van der Waals surface area contributed by atoms with E-state index >= 15 is 0 Å². The number of piperidine rings is 1. The van der Waals surface area contributed by atoms with Gasteiger partial charge >= 0.3 is 0 Å². The number of hydrogen-bond donors (Lipinski definition) is 1. The normalized spacial score (nSPS) is 15.9. The lowest BCUT2D eigenvalue weighted by molar-refractivity contribution is -0.116. The molecule has 3 rings (SSSR count). The number of benzene rings is 1. The molecule has 1 fully saturated rings. The van der Waals surface area contributed by atoms with E-state index in [1.54, 1.807) is 29.2 Å². The Hall–Kier alpha value is -2.19. The summed E-state index contributed by atoms with van der Waals surface area (Å²) in [6.45, 7) is 3.17. The van der Waals surface area contributed by atoms with Crippen LogP contribution in [0.2, 0.25) is 0 Å². The maximum absolute atomic E-state index is 12.6. The van der Waals surface area contributed by atoms with Crippen molar-refractivity contribution in [3.8, 4) is 0 Å². The van der Waals surface area contributed by atoms with Crippen LogP contribution in [0.25, 0.3) is 0 Å². The smallest absolute Gasteiger partial charge is 0.246 e. The van der Waals surface area contributed by atoms with Gasteiger partial charge < -0.3 is 5.32 Å². The summed E-state index contributed by atoms with van der Waals surface area (Å²) in [7, 11) is -3.45. The number of nitrogens with one attached hydrogen (secondary N) is 1. The van der Waals surface area contributed by atoms with Crippen molar-refractivity contribution in [2.75, 3.05) is 18.4 Å². The number of carbonyl (C=O) groups is 1. The molecule has 1 aromatic heterocycles. The lowest BCUT2D eigenvalue weighted by Crippen LogP contribution is -2.35. The molecule has 0 atom stereocenters. The van der Waals surface area contributed by atoms with Gasteiger partial charge in [0.25, 0.3) is 0 Å². The van der Waals surface area contributed by atoms with E-state index < -0.39 is 10.0 Å². The summed E-state index contributed by atoms with van der Waals surface area (Å²) < 4.78 is 28.3. The van der Waals surface area contributed by atoms with Gasteiger partial charge in [-0.2, -0.15) is 9.40 Å². The molecule has 134 valence electrons.